The highest BCUT2D eigenvalue weighted by atomic mass is 35.5. The van der Waals surface area contributed by atoms with Crippen LogP contribution in [0.4, 0.5) is 8.78 Å². The molecule has 1 nitrogen and oxygen atoms in total. The van der Waals surface area contributed by atoms with Crippen LogP contribution in [-0.4, -0.2) is 5.11 Å². The quantitative estimate of drug-likeness (QED) is 0.799. The Labute approximate surface area is 95.9 Å². The molecule has 0 atom stereocenters. The first-order valence-corrected chi connectivity index (χ1v) is 4.90. The molecule has 0 fully saturated rings. The van der Waals surface area contributed by atoms with E-state index in [1.165, 1.54) is 24.3 Å². The number of benzene rings is 2. The van der Waals surface area contributed by atoms with Crippen LogP contribution in [0.25, 0.3) is 11.1 Å². The summed E-state index contributed by atoms with van der Waals surface area (Å²) in [6, 6.07) is 7.66. The minimum atomic E-state index is -0.679. The average Bonchev–Trinajstić information content (AvgIpc) is 2.23. The van der Waals surface area contributed by atoms with E-state index in [0.29, 0.717) is 0 Å². The normalized spacial score (nSPS) is 10.4. The van der Waals surface area contributed by atoms with Crippen molar-refractivity contribution in [1.82, 2.24) is 0 Å². The molecule has 4 heteroatoms. The van der Waals surface area contributed by atoms with Crippen LogP contribution < -0.4 is 0 Å². The summed E-state index contributed by atoms with van der Waals surface area (Å²) < 4.78 is 26.8. The number of phenols is 1. The van der Waals surface area contributed by atoms with Crippen LogP contribution in [0.3, 0.4) is 0 Å². The van der Waals surface area contributed by atoms with Crippen molar-refractivity contribution < 1.29 is 13.9 Å². The van der Waals surface area contributed by atoms with Crippen LogP contribution in [-0.2, 0) is 0 Å². The highest BCUT2D eigenvalue weighted by Gasteiger charge is 2.12. The Morgan fingerprint density at radius 3 is 2.19 bits per heavy atom. The summed E-state index contributed by atoms with van der Waals surface area (Å²) in [6.07, 6.45) is 0. The smallest absolute Gasteiger partial charge is 0.134 e. The molecule has 0 saturated carbocycles. The molecule has 1 N–H and O–H groups in total. The lowest BCUT2D eigenvalue weighted by molar-refractivity contribution is 0.475. The molecule has 0 unspecified atom stereocenters. The van der Waals surface area contributed by atoms with Crippen molar-refractivity contribution in [2.75, 3.05) is 0 Å². The van der Waals surface area contributed by atoms with Gasteiger partial charge in [0, 0.05) is 0 Å². The summed E-state index contributed by atoms with van der Waals surface area (Å²) in [4.78, 5) is 0. The van der Waals surface area contributed by atoms with Gasteiger partial charge in [-0.3, -0.25) is 0 Å². The molecule has 2 rings (SSSR count). The minimum absolute atomic E-state index is 0.139. The Morgan fingerprint density at radius 1 is 1.00 bits per heavy atom. The van der Waals surface area contributed by atoms with Gasteiger partial charge in [0.25, 0.3) is 0 Å². The molecular formula is C12H7ClF2O. The van der Waals surface area contributed by atoms with Crippen LogP contribution in [0.5, 0.6) is 5.75 Å². The van der Waals surface area contributed by atoms with Crippen LogP contribution in [0.15, 0.2) is 36.4 Å². The average molecular weight is 241 g/mol. The molecule has 0 spiro atoms. The molecule has 0 radical (unpaired) electrons. The highest BCUT2D eigenvalue weighted by Crippen LogP contribution is 2.32. The highest BCUT2D eigenvalue weighted by molar-refractivity contribution is 6.32. The standard InChI is InChI=1S/C12H7ClF2O/c13-8-5-4-7(6-11(8)16)12-9(14)2-1-3-10(12)15/h1-6,16H. The molecular weight excluding hydrogens is 234 g/mol. The number of hydrogen-bond acceptors (Lipinski definition) is 1. The fraction of sp³-hybridized carbons (Fsp3) is 0. The van der Waals surface area contributed by atoms with E-state index in [9.17, 15) is 13.9 Å². The van der Waals surface area contributed by atoms with E-state index in [4.69, 9.17) is 11.6 Å². The van der Waals surface area contributed by atoms with Gasteiger partial charge < -0.3 is 5.11 Å². The molecule has 0 aromatic heterocycles. The SMILES string of the molecule is Oc1cc(-c2c(F)cccc2F)ccc1Cl. The lowest BCUT2D eigenvalue weighted by Gasteiger charge is -2.06. The van der Waals surface area contributed by atoms with Crippen LogP contribution in [0.2, 0.25) is 5.02 Å². The summed E-state index contributed by atoms with van der Waals surface area (Å²) >= 11 is 5.61. The van der Waals surface area contributed by atoms with Crippen LogP contribution in [0.1, 0.15) is 0 Å². The van der Waals surface area contributed by atoms with E-state index in [-0.39, 0.29) is 21.9 Å². The zero-order valence-electron chi connectivity index (χ0n) is 8.05. The summed E-state index contributed by atoms with van der Waals surface area (Å²) in [5.41, 5.74) is 0.0759. The predicted molar refractivity (Wildman–Crippen MR) is 58.5 cm³/mol. The Hall–Kier alpha value is -1.61. The molecule has 0 heterocycles. The third-order valence-corrected chi connectivity index (χ3v) is 2.52. The summed E-state index contributed by atoms with van der Waals surface area (Å²) in [5.74, 6) is -1.56. The van der Waals surface area contributed by atoms with Gasteiger partial charge in [-0.1, -0.05) is 23.7 Å². The monoisotopic (exact) mass is 240 g/mol. The fourth-order valence-corrected chi connectivity index (χ4v) is 1.56. The van der Waals surface area contributed by atoms with Gasteiger partial charge in [-0.05, 0) is 29.8 Å². The predicted octanol–water partition coefficient (Wildman–Crippen LogP) is 3.99. The number of rotatable bonds is 1. The van der Waals surface area contributed by atoms with Gasteiger partial charge >= 0.3 is 0 Å². The van der Waals surface area contributed by atoms with E-state index < -0.39 is 11.6 Å². The van der Waals surface area contributed by atoms with Crippen molar-refractivity contribution in [3.63, 3.8) is 0 Å². The van der Waals surface area contributed by atoms with Gasteiger partial charge in [0.2, 0.25) is 0 Å². The lowest BCUT2D eigenvalue weighted by atomic mass is 10.0. The topological polar surface area (TPSA) is 20.2 Å². The Bertz CT molecular complexity index is 520. The zero-order chi connectivity index (χ0) is 11.7. The molecule has 0 bridgehead atoms. The van der Waals surface area contributed by atoms with Crippen molar-refractivity contribution in [3.8, 4) is 16.9 Å². The minimum Gasteiger partial charge on any atom is -0.506 e. The Kier molecular flexibility index (Phi) is 2.79. The second kappa shape index (κ2) is 4.10. The van der Waals surface area contributed by atoms with Crippen molar-refractivity contribution in [3.05, 3.63) is 53.1 Å². The van der Waals surface area contributed by atoms with Gasteiger partial charge in [-0.15, -0.1) is 0 Å². The molecule has 0 aliphatic carbocycles. The molecule has 0 aliphatic heterocycles. The van der Waals surface area contributed by atoms with Crippen LogP contribution in [0, 0.1) is 11.6 Å². The van der Waals surface area contributed by atoms with Gasteiger partial charge in [0.15, 0.2) is 0 Å². The number of halogens is 3. The first-order valence-electron chi connectivity index (χ1n) is 4.52. The number of aromatic hydroxyl groups is 1. The summed E-state index contributed by atoms with van der Waals surface area (Å²) in [5, 5.41) is 9.51. The van der Waals surface area contributed by atoms with E-state index in [2.05, 4.69) is 0 Å². The molecule has 0 amide bonds. The van der Waals surface area contributed by atoms with Crippen molar-refractivity contribution in [2.24, 2.45) is 0 Å². The van der Waals surface area contributed by atoms with Gasteiger partial charge in [0.1, 0.15) is 17.4 Å². The molecule has 0 aliphatic rings. The van der Waals surface area contributed by atoms with E-state index in [0.717, 1.165) is 12.1 Å². The fourth-order valence-electron chi connectivity index (χ4n) is 1.44. The van der Waals surface area contributed by atoms with Crippen molar-refractivity contribution >= 4 is 11.6 Å². The Balaban J connectivity index is 2.63. The van der Waals surface area contributed by atoms with Crippen molar-refractivity contribution in [1.29, 1.82) is 0 Å². The zero-order valence-corrected chi connectivity index (χ0v) is 8.80. The largest absolute Gasteiger partial charge is 0.506 e. The first-order chi connectivity index (χ1) is 7.59. The Morgan fingerprint density at radius 2 is 1.62 bits per heavy atom. The molecule has 2 aromatic carbocycles. The van der Waals surface area contributed by atoms with Crippen LogP contribution >= 0.6 is 11.6 Å². The third kappa shape index (κ3) is 1.86. The third-order valence-electron chi connectivity index (χ3n) is 2.20. The molecule has 82 valence electrons. The molecule has 16 heavy (non-hydrogen) atoms. The maximum atomic E-state index is 13.4. The summed E-state index contributed by atoms with van der Waals surface area (Å²) in [6.45, 7) is 0. The maximum Gasteiger partial charge on any atom is 0.134 e. The molecule has 2 aromatic rings. The van der Waals surface area contributed by atoms with E-state index >= 15 is 0 Å². The lowest BCUT2D eigenvalue weighted by Crippen LogP contribution is -1.89. The first kappa shape index (κ1) is 10.9. The maximum absolute atomic E-state index is 13.4. The van der Waals surface area contributed by atoms with Gasteiger partial charge in [0.05, 0.1) is 10.6 Å². The molecule has 0 saturated heterocycles. The van der Waals surface area contributed by atoms with E-state index in [1.807, 2.05) is 0 Å². The van der Waals surface area contributed by atoms with Gasteiger partial charge in [-0.25, -0.2) is 8.78 Å². The van der Waals surface area contributed by atoms with Gasteiger partial charge in [-0.2, -0.15) is 0 Å². The van der Waals surface area contributed by atoms with Crippen molar-refractivity contribution in [2.45, 2.75) is 0 Å². The number of phenolic OH excluding ortho intramolecular Hbond substituents is 1. The summed E-state index contributed by atoms with van der Waals surface area (Å²) in [7, 11) is 0. The van der Waals surface area contributed by atoms with E-state index in [1.54, 1.807) is 0 Å². The second-order valence-corrected chi connectivity index (χ2v) is 3.67. The second-order valence-electron chi connectivity index (χ2n) is 3.26. The number of hydrogen-bond donors (Lipinski definition) is 1.